The number of hydrogen-bond acceptors (Lipinski definition) is 3. The Morgan fingerprint density at radius 1 is 1.82 bits per heavy atom. The molecule has 64 valence electrons. The largest absolute Gasteiger partial charge is 0.466 e. The molecule has 4 heteroatoms. The summed E-state index contributed by atoms with van der Waals surface area (Å²) in [6, 6.07) is 0. The zero-order chi connectivity index (χ0) is 8.85. The average molecular weight is 179 g/mol. The van der Waals surface area contributed by atoms with Crippen LogP contribution in [0.4, 0.5) is 0 Å². The van der Waals surface area contributed by atoms with E-state index in [0.717, 1.165) is 5.54 Å². The van der Waals surface area contributed by atoms with Gasteiger partial charge in [-0.3, -0.25) is 0 Å². The lowest BCUT2D eigenvalue weighted by atomic mass is 10.1. The number of rotatable bonds is 3. The molecular formula is C7H11ClO3. The number of halogens is 1. The van der Waals surface area contributed by atoms with Crippen molar-refractivity contribution in [1.29, 1.82) is 0 Å². The van der Waals surface area contributed by atoms with Crippen molar-refractivity contribution >= 4 is 17.6 Å². The fraction of sp³-hybridized carbons (Fsp3) is 0.571. The van der Waals surface area contributed by atoms with Crippen LogP contribution in [0.25, 0.3) is 0 Å². The smallest absolute Gasteiger partial charge is 0.334 e. The topological polar surface area (TPSA) is 46.5 Å². The predicted octanol–water partition coefficient (Wildman–Crippen LogP) is 1.05. The van der Waals surface area contributed by atoms with Gasteiger partial charge < -0.3 is 9.84 Å². The van der Waals surface area contributed by atoms with Crippen molar-refractivity contribution in [2.75, 3.05) is 7.11 Å². The van der Waals surface area contributed by atoms with Crippen molar-refractivity contribution in [2.24, 2.45) is 0 Å². The molecule has 0 aromatic carbocycles. The molecule has 0 amide bonds. The quantitative estimate of drug-likeness (QED) is 0.519. The molecular weight excluding hydrogens is 168 g/mol. The summed E-state index contributed by atoms with van der Waals surface area (Å²) < 4.78 is 4.40. The number of aliphatic hydroxyl groups is 1. The number of hydrogen-bond donors (Lipinski definition) is 1. The molecule has 0 spiro atoms. The van der Waals surface area contributed by atoms with Gasteiger partial charge in [0.2, 0.25) is 0 Å². The van der Waals surface area contributed by atoms with E-state index in [-0.39, 0.29) is 12.0 Å². The third-order valence-corrected chi connectivity index (χ3v) is 1.36. The molecule has 0 radical (unpaired) electrons. The van der Waals surface area contributed by atoms with Crippen LogP contribution < -0.4 is 0 Å². The first-order chi connectivity index (χ1) is 5.11. The average Bonchev–Trinajstić information content (AvgIpc) is 1.98. The summed E-state index contributed by atoms with van der Waals surface area (Å²) >= 11 is 5.31. The highest BCUT2D eigenvalue weighted by Gasteiger charge is 2.10. The van der Waals surface area contributed by atoms with Crippen LogP contribution in [-0.2, 0) is 9.53 Å². The standard InChI is InChI=1S/C7H11ClO3/c1-5(9)3-6(4-8)7(10)11-2/h4-5,9H,3H2,1-2H3. The fourth-order valence-electron chi connectivity index (χ4n) is 0.622. The van der Waals surface area contributed by atoms with Gasteiger partial charge in [0.05, 0.1) is 18.8 Å². The molecule has 3 nitrogen and oxygen atoms in total. The Balaban J connectivity index is 4.09. The number of aliphatic hydroxyl groups excluding tert-OH is 1. The second kappa shape index (κ2) is 5.16. The van der Waals surface area contributed by atoms with Crippen LogP contribution >= 0.6 is 11.6 Å². The van der Waals surface area contributed by atoms with Crippen LogP contribution in [0.3, 0.4) is 0 Å². The van der Waals surface area contributed by atoms with Crippen molar-refractivity contribution in [3.05, 3.63) is 11.1 Å². The molecule has 0 saturated heterocycles. The van der Waals surface area contributed by atoms with E-state index < -0.39 is 12.1 Å². The molecule has 0 bridgehead atoms. The van der Waals surface area contributed by atoms with Crippen molar-refractivity contribution < 1.29 is 14.6 Å². The first-order valence-electron chi connectivity index (χ1n) is 3.17. The summed E-state index contributed by atoms with van der Waals surface area (Å²) in [6.07, 6.45) is -0.366. The molecule has 0 heterocycles. The van der Waals surface area contributed by atoms with Gasteiger partial charge in [-0.1, -0.05) is 11.6 Å². The minimum atomic E-state index is -0.584. The van der Waals surface area contributed by atoms with Crippen LogP contribution in [0, 0.1) is 0 Å². The molecule has 0 aromatic rings. The molecule has 0 rings (SSSR count). The Morgan fingerprint density at radius 3 is 2.64 bits per heavy atom. The highest BCUT2D eigenvalue weighted by Crippen LogP contribution is 2.08. The van der Waals surface area contributed by atoms with E-state index in [0.29, 0.717) is 0 Å². The Kier molecular flexibility index (Phi) is 4.90. The second-order valence-corrected chi connectivity index (χ2v) is 2.40. The van der Waals surface area contributed by atoms with E-state index >= 15 is 0 Å². The van der Waals surface area contributed by atoms with E-state index in [1.54, 1.807) is 6.92 Å². The van der Waals surface area contributed by atoms with E-state index in [1.165, 1.54) is 7.11 Å². The van der Waals surface area contributed by atoms with E-state index in [2.05, 4.69) is 4.74 Å². The number of esters is 1. The van der Waals surface area contributed by atoms with Crippen molar-refractivity contribution in [2.45, 2.75) is 19.4 Å². The van der Waals surface area contributed by atoms with Gasteiger partial charge in [0.25, 0.3) is 0 Å². The van der Waals surface area contributed by atoms with Gasteiger partial charge in [-0.25, -0.2) is 4.79 Å². The Hall–Kier alpha value is -0.540. The van der Waals surface area contributed by atoms with Crippen LogP contribution in [-0.4, -0.2) is 24.3 Å². The van der Waals surface area contributed by atoms with Gasteiger partial charge in [-0.05, 0) is 6.92 Å². The minimum Gasteiger partial charge on any atom is -0.466 e. The summed E-state index contributed by atoms with van der Waals surface area (Å²) in [5, 5.41) is 8.89. The zero-order valence-corrected chi connectivity index (χ0v) is 7.26. The molecule has 1 atom stereocenters. The molecule has 0 aromatic heterocycles. The van der Waals surface area contributed by atoms with Gasteiger partial charge in [-0.15, -0.1) is 0 Å². The molecule has 0 aliphatic rings. The maximum absolute atomic E-state index is 10.8. The van der Waals surface area contributed by atoms with Gasteiger partial charge in [-0.2, -0.15) is 0 Å². The monoisotopic (exact) mass is 178 g/mol. The summed E-state index contributed by atoms with van der Waals surface area (Å²) in [7, 11) is 1.27. The third kappa shape index (κ3) is 4.01. The fourth-order valence-corrected chi connectivity index (χ4v) is 0.800. The van der Waals surface area contributed by atoms with E-state index in [4.69, 9.17) is 16.7 Å². The lowest BCUT2D eigenvalue weighted by molar-refractivity contribution is -0.136. The number of ether oxygens (including phenoxy) is 1. The van der Waals surface area contributed by atoms with Crippen molar-refractivity contribution in [3.63, 3.8) is 0 Å². The Bertz CT molecular complexity index is 163. The number of carbonyl (C=O) groups excluding carboxylic acids is 1. The Morgan fingerprint density at radius 2 is 2.36 bits per heavy atom. The summed E-state index contributed by atoms with van der Waals surface area (Å²) in [4.78, 5) is 10.8. The van der Waals surface area contributed by atoms with Crippen molar-refractivity contribution in [1.82, 2.24) is 0 Å². The first kappa shape index (κ1) is 10.5. The molecule has 0 aliphatic carbocycles. The summed E-state index contributed by atoms with van der Waals surface area (Å²) in [5.74, 6) is -0.499. The highest BCUT2D eigenvalue weighted by atomic mass is 35.5. The van der Waals surface area contributed by atoms with Crippen LogP contribution in [0.1, 0.15) is 13.3 Å². The van der Waals surface area contributed by atoms with Crippen LogP contribution in [0.15, 0.2) is 11.1 Å². The van der Waals surface area contributed by atoms with Crippen molar-refractivity contribution in [3.8, 4) is 0 Å². The Labute approximate surface area is 70.6 Å². The molecule has 0 fully saturated rings. The van der Waals surface area contributed by atoms with E-state index in [9.17, 15) is 4.79 Å². The zero-order valence-electron chi connectivity index (χ0n) is 6.50. The molecule has 0 aliphatic heterocycles. The summed E-state index contributed by atoms with van der Waals surface area (Å²) in [5.41, 5.74) is 1.41. The molecule has 0 saturated carbocycles. The molecule has 1 N–H and O–H groups in total. The SMILES string of the molecule is COC(=O)C(=CCl)CC(C)O. The van der Waals surface area contributed by atoms with Gasteiger partial charge in [0.15, 0.2) is 0 Å². The first-order valence-corrected chi connectivity index (χ1v) is 3.61. The second-order valence-electron chi connectivity index (χ2n) is 2.18. The maximum atomic E-state index is 10.8. The predicted molar refractivity (Wildman–Crippen MR) is 42.2 cm³/mol. The third-order valence-electron chi connectivity index (χ3n) is 1.09. The minimum absolute atomic E-state index is 0.218. The lowest BCUT2D eigenvalue weighted by Gasteiger charge is -2.05. The highest BCUT2D eigenvalue weighted by molar-refractivity contribution is 6.27. The lowest BCUT2D eigenvalue weighted by Crippen LogP contribution is -2.10. The molecule has 11 heavy (non-hydrogen) atoms. The number of methoxy groups -OCH3 is 1. The van der Waals surface area contributed by atoms with Gasteiger partial charge >= 0.3 is 5.97 Å². The van der Waals surface area contributed by atoms with Crippen LogP contribution in [0.2, 0.25) is 0 Å². The van der Waals surface area contributed by atoms with E-state index in [1.807, 2.05) is 0 Å². The van der Waals surface area contributed by atoms with Gasteiger partial charge in [0, 0.05) is 12.0 Å². The normalized spacial score (nSPS) is 14.4. The van der Waals surface area contributed by atoms with Gasteiger partial charge in [0.1, 0.15) is 0 Å². The van der Waals surface area contributed by atoms with Crippen LogP contribution in [0.5, 0.6) is 0 Å². The number of carbonyl (C=O) groups is 1. The molecule has 1 unspecified atom stereocenters. The summed E-state index contributed by atoms with van der Waals surface area (Å²) in [6.45, 7) is 1.57. The maximum Gasteiger partial charge on any atom is 0.334 e.